The third kappa shape index (κ3) is 4.23. The molecular formula is C23H23ClN4O3S. The van der Waals surface area contributed by atoms with Gasteiger partial charge in [0.05, 0.1) is 30.3 Å². The first-order chi connectivity index (χ1) is 15.5. The van der Waals surface area contributed by atoms with Crippen LogP contribution < -0.4 is 4.90 Å². The van der Waals surface area contributed by atoms with Crippen LogP contribution in [0.5, 0.6) is 0 Å². The largest absolute Gasteiger partial charge is 0.378 e. The number of ether oxygens (including phenoxy) is 1. The summed E-state index contributed by atoms with van der Waals surface area (Å²) in [6, 6.07) is 14.4. The highest BCUT2D eigenvalue weighted by Gasteiger charge is 2.30. The molecule has 5 rings (SSSR count). The zero-order valence-electron chi connectivity index (χ0n) is 17.4. The first-order valence-corrected chi connectivity index (χ1v) is 12.4. The number of morpholine rings is 1. The Hall–Kier alpha value is -2.52. The van der Waals surface area contributed by atoms with Gasteiger partial charge < -0.3 is 9.64 Å². The summed E-state index contributed by atoms with van der Waals surface area (Å²) in [6.07, 6.45) is 2.43. The molecule has 0 amide bonds. The van der Waals surface area contributed by atoms with E-state index in [0.29, 0.717) is 37.2 Å². The SMILES string of the molecule is O=S(=O)(c1ccc(-c2ccc(Cl)cc2)cc1)N1CCc2cnc(N3CCOCC3)nc2C1. The predicted molar refractivity (Wildman–Crippen MR) is 123 cm³/mol. The van der Waals surface area contributed by atoms with E-state index in [9.17, 15) is 8.42 Å². The molecule has 0 bridgehead atoms. The molecule has 0 radical (unpaired) electrons. The third-order valence-corrected chi connectivity index (χ3v) is 7.97. The van der Waals surface area contributed by atoms with Crippen LogP contribution in [0.3, 0.4) is 0 Å². The van der Waals surface area contributed by atoms with Gasteiger partial charge in [0.15, 0.2) is 0 Å². The van der Waals surface area contributed by atoms with Gasteiger partial charge in [0, 0.05) is 30.9 Å². The lowest BCUT2D eigenvalue weighted by atomic mass is 10.1. The fraction of sp³-hybridized carbons (Fsp3) is 0.304. The van der Waals surface area contributed by atoms with Gasteiger partial charge in [-0.2, -0.15) is 4.31 Å². The molecule has 0 saturated carbocycles. The van der Waals surface area contributed by atoms with E-state index in [-0.39, 0.29) is 11.4 Å². The number of sulfonamides is 1. The highest BCUT2D eigenvalue weighted by molar-refractivity contribution is 7.89. The minimum Gasteiger partial charge on any atom is -0.378 e. The second kappa shape index (κ2) is 8.78. The summed E-state index contributed by atoms with van der Waals surface area (Å²) in [5.74, 6) is 0.638. The van der Waals surface area contributed by atoms with Crippen LogP contribution in [-0.4, -0.2) is 55.5 Å². The maximum absolute atomic E-state index is 13.3. The Kier molecular flexibility index (Phi) is 5.86. The Morgan fingerprint density at radius 3 is 2.25 bits per heavy atom. The van der Waals surface area contributed by atoms with Gasteiger partial charge >= 0.3 is 0 Å². The van der Waals surface area contributed by atoms with Gasteiger partial charge in [0.25, 0.3) is 0 Å². The number of fused-ring (bicyclic) bond motifs is 1. The Morgan fingerprint density at radius 2 is 1.56 bits per heavy atom. The maximum Gasteiger partial charge on any atom is 0.243 e. The van der Waals surface area contributed by atoms with E-state index in [1.54, 1.807) is 12.1 Å². The van der Waals surface area contributed by atoms with Gasteiger partial charge in [-0.25, -0.2) is 18.4 Å². The molecule has 3 heterocycles. The lowest BCUT2D eigenvalue weighted by Crippen LogP contribution is -2.39. The number of benzene rings is 2. The van der Waals surface area contributed by atoms with Gasteiger partial charge in [-0.05, 0) is 47.4 Å². The number of halogens is 1. The number of hydrogen-bond donors (Lipinski definition) is 0. The van der Waals surface area contributed by atoms with Crippen LogP contribution >= 0.6 is 11.6 Å². The van der Waals surface area contributed by atoms with Crippen molar-refractivity contribution in [2.24, 2.45) is 0 Å². The summed E-state index contributed by atoms with van der Waals surface area (Å²) in [6.45, 7) is 3.42. The number of anilines is 1. The van der Waals surface area contributed by atoms with E-state index in [1.165, 1.54) is 4.31 Å². The molecule has 3 aromatic rings. The van der Waals surface area contributed by atoms with Crippen molar-refractivity contribution in [3.63, 3.8) is 0 Å². The van der Waals surface area contributed by atoms with Crippen LogP contribution in [0.4, 0.5) is 5.95 Å². The molecule has 0 unspecified atom stereocenters. The molecule has 9 heteroatoms. The van der Waals surface area contributed by atoms with Crippen molar-refractivity contribution in [3.8, 4) is 11.1 Å². The molecular weight excluding hydrogens is 448 g/mol. The smallest absolute Gasteiger partial charge is 0.243 e. The van der Waals surface area contributed by atoms with Crippen molar-refractivity contribution in [2.45, 2.75) is 17.9 Å². The molecule has 0 aliphatic carbocycles. The van der Waals surface area contributed by atoms with Gasteiger partial charge in [-0.3, -0.25) is 0 Å². The van der Waals surface area contributed by atoms with Crippen molar-refractivity contribution >= 4 is 27.6 Å². The van der Waals surface area contributed by atoms with E-state index in [4.69, 9.17) is 21.3 Å². The molecule has 7 nitrogen and oxygen atoms in total. The quantitative estimate of drug-likeness (QED) is 0.582. The van der Waals surface area contributed by atoms with E-state index in [0.717, 1.165) is 35.5 Å². The summed E-state index contributed by atoms with van der Waals surface area (Å²) in [4.78, 5) is 11.5. The predicted octanol–water partition coefficient (Wildman–Crippen LogP) is 3.38. The van der Waals surface area contributed by atoms with Crippen molar-refractivity contribution in [3.05, 3.63) is 71.0 Å². The van der Waals surface area contributed by atoms with Gasteiger partial charge in [0.1, 0.15) is 0 Å². The number of rotatable bonds is 4. The molecule has 0 spiro atoms. The molecule has 2 aliphatic heterocycles. The standard InChI is InChI=1S/C23H23ClN4O3S/c24-20-5-1-17(2-6-20)18-3-7-21(8-4-18)32(29,30)28-10-9-19-15-25-23(26-22(19)16-28)27-11-13-31-14-12-27/h1-8,15H,9-14,16H2. The lowest BCUT2D eigenvalue weighted by Gasteiger charge is -2.30. The van der Waals surface area contributed by atoms with Crippen molar-refractivity contribution in [1.82, 2.24) is 14.3 Å². The molecule has 2 aliphatic rings. The molecule has 2 aromatic carbocycles. The van der Waals surface area contributed by atoms with Crippen LogP contribution in [-0.2, 0) is 27.7 Å². The number of hydrogen-bond acceptors (Lipinski definition) is 6. The fourth-order valence-electron chi connectivity index (χ4n) is 4.00. The van der Waals surface area contributed by atoms with Crippen molar-refractivity contribution < 1.29 is 13.2 Å². The zero-order chi connectivity index (χ0) is 22.1. The van der Waals surface area contributed by atoms with Crippen LogP contribution in [0.1, 0.15) is 11.3 Å². The van der Waals surface area contributed by atoms with E-state index < -0.39 is 10.0 Å². The molecule has 1 aromatic heterocycles. The Balaban J connectivity index is 1.36. The molecule has 166 valence electrons. The van der Waals surface area contributed by atoms with Crippen molar-refractivity contribution in [2.75, 3.05) is 37.7 Å². The van der Waals surface area contributed by atoms with E-state index >= 15 is 0 Å². The van der Waals surface area contributed by atoms with Crippen LogP contribution in [0, 0.1) is 0 Å². The second-order valence-electron chi connectivity index (χ2n) is 7.86. The average molecular weight is 471 g/mol. The Morgan fingerprint density at radius 1 is 0.906 bits per heavy atom. The maximum atomic E-state index is 13.3. The first-order valence-electron chi connectivity index (χ1n) is 10.5. The topological polar surface area (TPSA) is 75.6 Å². The third-order valence-electron chi connectivity index (χ3n) is 5.86. The lowest BCUT2D eigenvalue weighted by molar-refractivity contribution is 0.122. The molecule has 1 saturated heterocycles. The molecule has 32 heavy (non-hydrogen) atoms. The summed E-state index contributed by atoms with van der Waals surface area (Å²) in [7, 11) is -3.63. The minimum absolute atomic E-state index is 0.246. The fourth-order valence-corrected chi connectivity index (χ4v) is 5.53. The highest BCUT2D eigenvalue weighted by Crippen LogP contribution is 2.27. The monoisotopic (exact) mass is 470 g/mol. The average Bonchev–Trinajstić information content (AvgIpc) is 2.84. The van der Waals surface area contributed by atoms with Gasteiger partial charge in [0.2, 0.25) is 16.0 Å². The minimum atomic E-state index is -3.63. The van der Waals surface area contributed by atoms with Crippen molar-refractivity contribution in [1.29, 1.82) is 0 Å². The van der Waals surface area contributed by atoms with Crippen LogP contribution in [0.25, 0.3) is 11.1 Å². The zero-order valence-corrected chi connectivity index (χ0v) is 19.0. The highest BCUT2D eigenvalue weighted by atomic mass is 35.5. The summed E-state index contributed by atoms with van der Waals surface area (Å²) < 4.78 is 33.5. The van der Waals surface area contributed by atoms with Gasteiger partial charge in [-0.15, -0.1) is 0 Å². The second-order valence-corrected chi connectivity index (χ2v) is 10.2. The Labute approximate surface area is 192 Å². The molecule has 0 N–H and O–H groups in total. The summed E-state index contributed by atoms with van der Waals surface area (Å²) in [5.41, 5.74) is 3.70. The van der Waals surface area contributed by atoms with Crippen LogP contribution in [0.2, 0.25) is 5.02 Å². The summed E-state index contributed by atoms with van der Waals surface area (Å²) in [5, 5.41) is 0.666. The van der Waals surface area contributed by atoms with Crippen LogP contribution in [0.15, 0.2) is 59.6 Å². The first kappa shape index (κ1) is 21.3. The number of aromatic nitrogens is 2. The van der Waals surface area contributed by atoms with Gasteiger partial charge in [-0.1, -0.05) is 35.9 Å². The normalized spacial score (nSPS) is 17.2. The van der Waals surface area contributed by atoms with E-state index in [2.05, 4.69) is 9.88 Å². The summed E-state index contributed by atoms with van der Waals surface area (Å²) >= 11 is 5.96. The molecule has 1 fully saturated rings. The molecule has 0 atom stereocenters. The number of nitrogens with zero attached hydrogens (tertiary/aromatic N) is 4. The van der Waals surface area contributed by atoms with E-state index in [1.807, 2.05) is 42.6 Å². The Bertz CT molecular complexity index is 1210.